The third-order valence-corrected chi connectivity index (χ3v) is 4.02. The van der Waals surface area contributed by atoms with Crippen molar-refractivity contribution in [3.8, 4) is 0 Å². The number of nitrogens with zero attached hydrogens (tertiary/aromatic N) is 1. The van der Waals surface area contributed by atoms with Gasteiger partial charge in [0.2, 0.25) is 0 Å². The average molecular weight is 496 g/mol. The number of aliphatic hydroxyl groups is 1. The molecule has 1 aromatic carbocycles. The van der Waals surface area contributed by atoms with E-state index in [1.807, 2.05) is 6.92 Å². The van der Waals surface area contributed by atoms with Crippen molar-refractivity contribution in [2.75, 3.05) is 19.6 Å². The lowest BCUT2D eigenvalue weighted by molar-refractivity contribution is 0.0437. The van der Waals surface area contributed by atoms with E-state index in [4.69, 9.17) is 16.0 Å². The molecule has 144 valence electrons. The molecule has 26 heavy (non-hydrogen) atoms. The molecule has 2 aromatic rings. The molecule has 0 fully saturated rings. The van der Waals surface area contributed by atoms with E-state index >= 15 is 0 Å². The average Bonchev–Trinajstić information content (AvgIpc) is 3.11. The minimum absolute atomic E-state index is 0. The molecule has 0 amide bonds. The van der Waals surface area contributed by atoms with Crippen LogP contribution in [0.15, 0.2) is 46.0 Å². The van der Waals surface area contributed by atoms with E-state index in [2.05, 4.69) is 15.6 Å². The lowest BCUT2D eigenvalue weighted by Crippen LogP contribution is -2.39. The van der Waals surface area contributed by atoms with Crippen LogP contribution in [0.4, 0.5) is 4.39 Å². The van der Waals surface area contributed by atoms with Crippen LogP contribution < -0.4 is 10.6 Å². The first-order valence-corrected chi connectivity index (χ1v) is 8.53. The minimum atomic E-state index is -1.21. The highest BCUT2D eigenvalue weighted by Gasteiger charge is 2.26. The van der Waals surface area contributed by atoms with E-state index < -0.39 is 5.60 Å². The molecule has 0 bridgehead atoms. The van der Waals surface area contributed by atoms with Crippen molar-refractivity contribution in [3.63, 3.8) is 0 Å². The van der Waals surface area contributed by atoms with Crippen LogP contribution in [0.5, 0.6) is 0 Å². The molecule has 8 heteroatoms. The number of rotatable bonds is 7. The first kappa shape index (κ1) is 22.7. The Bertz CT molecular complexity index is 688. The first-order valence-electron chi connectivity index (χ1n) is 8.15. The van der Waals surface area contributed by atoms with Crippen LogP contribution >= 0.6 is 35.6 Å². The molecule has 1 unspecified atom stereocenters. The molecule has 1 heterocycles. The van der Waals surface area contributed by atoms with Crippen molar-refractivity contribution in [2.24, 2.45) is 4.99 Å². The quantitative estimate of drug-likeness (QED) is 0.311. The van der Waals surface area contributed by atoms with E-state index in [1.54, 1.807) is 31.2 Å². The summed E-state index contributed by atoms with van der Waals surface area (Å²) in [4.78, 5) is 4.37. The molecule has 0 spiro atoms. The monoisotopic (exact) mass is 495 g/mol. The molecular weight excluding hydrogens is 472 g/mol. The van der Waals surface area contributed by atoms with Gasteiger partial charge in [-0.15, -0.1) is 24.0 Å². The highest BCUT2D eigenvalue weighted by molar-refractivity contribution is 14.0. The van der Waals surface area contributed by atoms with Gasteiger partial charge in [-0.3, -0.25) is 0 Å². The van der Waals surface area contributed by atoms with Crippen molar-refractivity contribution < 1.29 is 13.9 Å². The second kappa shape index (κ2) is 10.7. The molecule has 0 aliphatic rings. The van der Waals surface area contributed by atoms with Gasteiger partial charge in [-0.25, -0.2) is 9.38 Å². The number of guanidine groups is 1. The van der Waals surface area contributed by atoms with Crippen molar-refractivity contribution in [2.45, 2.75) is 25.9 Å². The number of benzene rings is 1. The highest BCUT2D eigenvalue weighted by Crippen LogP contribution is 2.21. The molecule has 2 rings (SSSR count). The zero-order valence-electron chi connectivity index (χ0n) is 14.8. The van der Waals surface area contributed by atoms with Gasteiger partial charge in [-0.05, 0) is 44.5 Å². The van der Waals surface area contributed by atoms with Gasteiger partial charge >= 0.3 is 0 Å². The Balaban J connectivity index is 0.00000338. The number of aliphatic imine (C=N–C) groups is 1. The second-order valence-corrected chi connectivity index (χ2v) is 6.23. The molecular formula is C18H24ClFIN3O2. The molecule has 1 atom stereocenters. The Morgan fingerprint density at radius 2 is 2.08 bits per heavy atom. The van der Waals surface area contributed by atoms with E-state index in [1.165, 1.54) is 12.3 Å². The molecule has 0 saturated heterocycles. The fourth-order valence-electron chi connectivity index (χ4n) is 2.31. The lowest BCUT2D eigenvalue weighted by atomic mass is 10.0. The predicted molar refractivity (Wildman–Crippen MR) is 113 cm³/mol. The maximum Gasteiger partial charge on any atom is 0.191 e. The van der Waals surface area contributed by atoms with Crippen molar-refractivity contribution in [3.05, 3.63) is 58.8 Å². The molecule has 3 N–H and O–H groups in total. The highest BCUT2D eigenvalue weighted by atomic mass is 127. The van der Waals surface area contributed by atoms with Crippen LogP contribution in [-0.4, -0.2) is 30.7 Å². The summed E-state index contributed by atoms with van der Waals surface area (Å²) < 4.78 is 19.0. The summed E-state index contributed by atoms with van der Waals surface area (Å²) in [5, 5.41) is 17.1. The van der Waals surface area contributed by atoms with Crippen LogP contribution in [0.1, 0.15) is 25.2 Å². The molecule has 0 aliphatic carbocycles. The molecule has 0 aliphatic heterocycles. The lowest BCUT2D eigenvalue weighted by Gasteiger charge is -2.19. The summed E-state index contributed by atoms with van der Waals surface area (Å²) in [6.07, 6.45) is 1.93. The van der Waals surface area contributed by atoms with Gasteiger partial charge in [0.15, 0.2) is 5.96 Å². The number of hydrogen-bond donors (Lipinski definition) is 3. The van der Waals surface area contributed by atoms with E-state index in [9.17, 15) is 9.50 Å². The van der Waals surface area contributed by atoms with Crippen LogP contribution in [0.2, 0.25) is 5.02 Å². The number of halogens is 3. The summed E-state index contributed by atoms with van der Waals surface area (Å²) in [5.41, 5.74) is -0.740. The van der Waals surface area contributed by atoms with E-state index in [0.717, 1.165) is 0 Å². The summed E-state index contributed by atoms with van der Waals surface area (Å²) in [7, 11) is 0. The molecule has 0 saturated carbocycles. The Morgan fingerprint density at radius 1 is 1.31 bits per heavy atom. The van der Waals surface area contributed by atoms with Crippen LogP contribution in [0.25, 0.3) is 0 Å². The van der Waals surface area contributed by atoms with E-state index in [0.29, 0.717) is 41.8 Å². The Morgan fingerprint density at radius 3 is 2.69 bits per heavy atom. The van der Waals surface area contributed by atoms with Gasteiger partial charge in [0.1, 0.15) is 17.2 Å². The van der Waals surface area contributed by atoms with Crippen LogP contribution in [-0.2, 0) is 12.0 Å². The smallest absolute Gasteiger partial charge is 0.191 e. The SMILES string of the molecule is CCNC(=NCC(C)(O)c1ccco1)NCCc1c(F)cccc1Cl.I. The van der Waals surface area contributed by atoms with Gasteiger partial charge in [-0.1, -0.05) is 17.7 Å². The Labute approximate surface area is 175 Å². The minimum Gasteiger partial charge on any atom is -0.466 e. The predicted octanol–water partition coefficient (Wildman–Crippen LogP) is 3.70. The summed E-state index contributed by atoms with van der Waals surface area (Å²) in [6.45, 7) is 4.81. The van der Waals surface area contributed by atoms with Gasteiger partial charge in [0, 0.05) is 23.7 Å². The summed E-state index contributed by atoms with van der Waals surface area (Å²) >= 11 is 6.03. The second-order valence-electron chi connectivity index (χ2n) is 5.82. The van der Waals surface area contributed by atoms with Crippen molar-refractivity contribution in [1.29, 1.82) is 0 Å². The number of furan rings is 1. The Kier molecular flexibility index (Phi) is 9.38. The van der Waals surface area contributed by atoms with E-state index in [-0.39, 0.29) is 36.3 Å². The fourth-order valence-corrected chi connectivity index (χ4v) is 2.57. The van der Waals surface area contributed by atoms with Crippen LogP contribution in [0, 0.1) is 5.82 Å². The fraction of sp³-hybridized carbons (Fsp3) is 0.389. The van der Waals surface area contributed by atoms with Gasteiger partial charge < -0.3 is 20.2 Å². The van der Waals surface area contributed by atoms with Gasteiger partial charge in [0.05, 0.1) is 12.8 Å². The maximum atomic E-state index is 13.8. The normalized spacial score (nSPS) is 13.7. The zero-order valence-corrected chi connectivity index (χ0v) is 17.8. The number of nitrogens with one attached hydrogen (secondary N) is 2. The third-order valence-electron chi connectivity index (χ3n) is 3.67. The Hall–Kier alpha value is -1.32. The number of hydrogen-bond acceptors (Lipinski definition) is 3. The van der Waals surface area contributed by atoms with Gasteiger partial charge in [-0.2, -0.15) is 0 Å². The van der Waals surface area contributed by atoms with Crippen molar-refractivity contribution >= 4 is 41.5 Å². The molecule has 1 aromatic heterocycles. The maximum absolute atomic E-state index is 13.8. The summed E-state index contributed by atoms with van der Waals surface area (Å²) in [5.74, 6) is 0.657. The van der Waals surface area contributed by atoms with Gasteiger partial charge in [0.25, 0.3) is 0 Å². The standard InChI is InChI=1S/C18H23ClFN3O2.HI/c1-3-21-17(23-12-18(2,24)16-8-5-11-25-16)22-10-9-13-14(19)6-4-7-15(13)20;/h4-8,11,24H,3,9-10,12H2,1-2H3,(H2,21,22,23);1H. The third kappa shape index (κ3) is 6.44. The molecule has 0 radical (unpaired) electrons. The topological polar surface area (TPSA) is 69.8 Å². The zero-order chi connectivity index (χ0) is 18.3. The first-order chi connectivity index (χ1) is 11.9. The largest absolute Gasteiger partial charge is 0.466 e. The van der Waals surface area contributed by atoms with Crippen LogP contribution in [0.3, 0.4) is 0 Å². The summed E-state index contributed by atoms with van der Waals surface area (Å²) in [6, 6.07) is 8.06. The van der Waals surface area contributed by atoms with Crippen molar-refractivity contribution in [1.82, 2.24) is 10.6 Å². The molecule has 5 nitrogen and oxygen atoms in total.